The summed E-state index contributed by atoms with van der Waals surface area (Å²) in [6.45, 7) is 6.25. The van der Waals surface area contributed by atoms with Gasteiger partial charge in [0.15, 0.2) is 0 Å². The summed E-state index contributed by atoms with van der Waals surface area (Å²) in [6, 6.07) is 10.4. The summed E-state index contributed by atoms with van der Waals surface area (Å²) in [5.74, 6) is -4.70. The van der Waals surface area contributed by atoms with Gasteiger partial charge in [0, 0.05) is 11.4 Å². The minimum atomic E-state index is -4.60. The average molecular weight is 504 g/mol. The van der Waals surface area contributed by atoms with Crippen LogP contribution in [0.4, 0.5) is 18.9 Å². The number of aryl methyl sites for hydroxylation is 1. The van der Waals surface area contributed by atoms with Crippen molar-refractivity contribution in [2.75, 3.05) is 5.32 Å². The quantitative estimate of drug-likeness (QED) is 0.406. The molecule has 0 saturated carbocycles. The second-order valence-corrected chi connectivity index (χ2v) is 9.59. The van der Waals surface area contributed by atoms with Gasteiger partial charge >= 0.3 is 12.1 Å². The number of hydrogen-bond donors (Lipinski definition) is 1. The second-order valence-electron chi connectivity index (χ2n) is 8.75. The average Bonchev–Trinajstić information content (AvgIpc) is 2.68. The van der Waals surface area contributed by atoms with Crippen LogP contribution in [0.3, 0.4) is 0 Å². The fraction of sp³-hybridized carbons (Fsp3) is 0.417. The lowest BCUT2D eigenvalue weighted by Crippen LogP contribution is -2.34. The monoisotopic (exact) mass is 503 g/mol. The van der Waals surface area contributed by atoms with E-state index in [1.807, 2.05) is 0 Å². The number of alkyl halides is 3. The lowest BCUT2D eigenvalue weighted by molar-refractivity contribution is -0.178. The maximum absolute atomic E-state index is 13.5. The van der Waals surface area contributed by atoms with Gasteiger partial charge in [-0.2, -0.15) is 13.2 Å². The molecule has 0 aliphatic rings. The molecular weight excluding hydrogens is 478 g/mol. The van der Waals surface area contributed by atoms with E-state index in [4.69, 9.17) is 27.9 Å². The van der Waals surface area contributed by atoms with Crippen LogP contribution in [0, 0.1) is 5.92 Å². The van der Waals surface area contributed by atoms with Crippen LogP contribution in [0.1, 0.15) is 51.2 Å². The highest BCUT2D eigenvalue weighted by atomic mass is 35.5. The molecule has 33 heavy (non-hydrogen) atoms. The van der Waals surface area contributed by atoms with Gasteiger partial charge in [-0.05, 0) is 62.6 Å². The SMILES string of the molecule is C[C@H]([C@H](C(=O)Nc1cc(CCC(=O)OC(C)(C)C)ccc1Cl)c1ccc(Cl)cc1)C(F)(F)F. The first-order valence-corrected chi connectivity index (χ1v) is 11.1. The highest BCUT2D eigenvalue weighted by Crippen LogP contribution is 2.39. The van der Waals surface area contributed by atoms with Crippen LogP contribution in [0.25, 0.3) is 0 Å². The molecule has 0 unspecified atom stereocenters. The molecule has 0 saturated heterocycles. The molecule has 0 aliphatic carbocycles. The van der Waals surface area contributed by atoms with Crippen LogP contribution in [-0.4, -0.2) is 23.7 Å². The minimum Gasteiger partial charge on any atom is -0.460 e. The molecule has 1 amide bonds. The van der Waals surface area contributed by atoms with E-state index in [-0.39, 0.29) is 28.7 Å². The molecule has 4 nitrogen and oxygen atoms in total. The molecule has 0 radical (unpaired) electrons. The molecule has 0 aliphatic heterocycles. The fourth-order valence-electron chi connectivity index (χ4n) is 3.20. The van der Waals surface area contributed by atoms with E-state index in [0.717, 1.165) is 6.92 Å². The molecule has 2 aromatic carbocycles. The van der Waals surface area contributed by atoms with E-state index in [1.165, 1.54) is 30.3 Å². The lowest BCUT2D eigenvalue weighted by atomic mass is 9.86. The predicted octanol–water partition coefficient (Wildman–Crippen LogP) is 7.19. The van der Waals surface area contributed by atoms with Gasteiger partial charge in [-0.1, -0.05) is 48.3 Å². The van der Waals surface area contributed by atoms with Gasteiger partial charge in [0.05, 0.1) is 22.5 Å². The Balaban J connectivity index is 2.23. The van der Waals surface area contributed by atoms with Gasteiger partial charge in [0.1, 0.15) is 5.60 Å². The van der Waals surface area contributed by atoms with Crippen molar-refractivity contribution < 1.29 is 27.5 Å². The van der Waals surface area contributed by atoms with Gasteiger partial charge in [-0.15, -0.1) is 0 Å². The summed E-state index contributed by atoms with van der Waals surface area (Å²) in [6.07, 6.45) is -4.18. The molecule has 0 aromatic heterocycles. The summed E-state index contributed by atoms with van der Waals surface area (Å²) in [4.78, 5) is 25.0. The first kappa shape index (κ1) is 27.0. The van der Waals surface area contributed by atoms with Crippen molar-refractivity contribution in [2.45, 2.75) is 58.2 Å². The fourth-order valence-corrected chi connectivity index (χ4v) is 3.49. The van der Waals surface area contributed by atoms with Gasteiger partial charge in [0.2, 0.25) is 5.91 Å². The zero-order valence-corrected chi connectivity index (χ0v) is 20.2. The van der Waals surface area contributed by atoms with E-state index < -0.39 is 29.5 Å². The Morgan fingerprint density at radius 1 is 1.03 bits per heavy atom. The van der Waals surface area contributed by atoms with Crippen molar-refractivity contribution in [3.05, 3.63) is 63.6 Å². The first-order valence-electron chi connectivity index (χ1n) is 10.3. The highest BCUT2D eigenvalue weighted by molar-refractivity contribution is 6.33. The largest absolute Gasteiger partial charge is 0.460 e. The van der Waals surface area contributed by atoms with Gasteiger partial charge in [0.25, 0.3) is 0 Å². The summed E-state index contributed by atoms with van der Waals surface area (Å²) in [7, 11) is 0. The maximum Gasteiger partial charge on any atom is 0.392 e. The zero-order valence-electron chi connectivity index (χ0n) is 18.7. The van der Waals surface area contributed by atoms with Crippen molar-refractivity contribution in [1.29, 1.82) is 0 Å². The molecule has 2 atom stereocenters. The molecule has 1 N–H and O–H groups in total. The summed E-state index contributed by atoms with van der Waals surface area (Å²) in [5.41, 5.74) is 0.408. The molecule has 9 heteroatoms. The Morgan fingerprint density at radius 2 is 1.64 bits per heavy atom. The summed E-state index contributed by atoms with van der Waals surface area (Å²) in [5, 5.41) is 3.03. The number of rotatable bonds is 7. The first-order chi connectivity index (χ1) is 15.2. The molecule has 0 bridgehead atoms. The maximum atomic E-state index is 13.5. The van der Waals surface area contributed by atoms with Crippen LogP contribution >= 0.6 is 23.2 Å². The van der Waals surface area contributed by atoms with E-state index in [9.17, 15) is 22.8 Å². The number of amides is 1. The lowest BCUT2D eigenvalue weighted by Gasteiger charge is -2.26. The van der Waals surface area contributed by atoms with Crippen LogP contribution in [0.15, 0.2) is 42.5 Å². The number of benzene rings is 2. The third-order valence-corrected chi connectivity index (χ3v) is 5.44. The standard InChI is InChI=1S/C24H26Cl2F3NO3/c1-14(24(27,28)29)21(16-7-9-17(25)10-8-16)22(32)30-19-13-15(5-11-18(19)26)6-12-20(31)33-23(2,3)4/h5,7-11,13-14,21H,6,12H2,1-4H3,(H,30,32)/t14-,21+/m1/s1. The number of ether oxygens (including phenoxy) is 1. The Labute approximate surface area is 201 Å². The van der Waals surface area contributed by atoms with Gasteiger partial charge < -0.3 is 10.1 Å². The molecule has 2 rings (SSSR count). The molecule has 0 heterocycles. The predicted molar refractivity (Wildman–Crippen MR) is 124 cm³/mol. The molecule has 180 valence electrons. The Kier molecular flexibility index (Phi) is 8.82. The minimum absolute atomic E-state index is 0.102. The highest BCUT2D eigenvalue weighted by Gasteiger charge is 2.45. The van der Waals surface area contributed by atoms with Crippen molar-refractivity contribution >= 4 is 40.8 Å². The smallest absolute Gasteiger partial charge is 0.392 e. The van der Waals surface area contributed by atoms with Crippen LogP contribution in [0.2, 0.25) is 10.0 Å². The van der Waals surface area contributed by atoms with Crippen molar-refractivity contribution in [2.24, 2.45) is 5.92 Å². The Morgan fingerprint density at radius 3 is 2.18 bits per heavy atom. The number of nitrogens with one attached hydrogen (secondary N) is 1. The third-order valence-electron chi connectivity index (χ3n) is 4.85. The van der Waals surface area contributed by atoms with Gasteiger partial charge in [-0.25, -0.2) is 0 Å². The number of hydrogen-bond acceptors (Lipinski definition) is 3. The third kappa shape index (κ3) is 8.23. The van der Waals surface area contributed by atoms with E-state index in [0.29, 0.717) is 17.0 Å². The Hall–Kier alpha value is -2.25. The number of anilines is 1. The molecule has 0 spiro atoms. The van der Waals surface area contributed by atoms with Crippen molar-refractivity contribution in [3.8, 4) is 0 Å². The number of carbonyl (C=O) groups is 2. The van der Waals surface area contributed by atoms with Crippen LogP contribution in [-0.2, 0) is 20.7 Å². The normalized spacial score (nSPS) is 13.8. The van der Waals surface area contributed by atoms with Crippen LogP contribution < -0.4 is 5.32 Å². The molecule has 2 aromatic rings. The molecule has 0 fully saturated rings. The van der Waals surface area contributed by atoms with E-state index >= 15 is 0 Å². The van der Waals surface area contributed by atoms with E-state index in [1.54, 1.807) is 32.9 Å². The summed E-state index contributed by atoms with van der Waals surface area (Å²) >= 11 is 12.0. The number of esters is 1. The van der Waals surface area contributed by atoms with Crippen molar-refractivity contribution in [1.82, 2.24) is 0 Å². The topological polar surface area (TPSA) is 55.4 Å². The number of carbonyl (C=O) groups excluding carboxylic acids is 2. The van der Waals surface area contributed by atoms with Crippen molar-refractivity contribution in [3.63, 3.8) is 0 Å². The van der Waals surface area contributed by atoms with Gasteiger partial charge in [-0.3, -0.25) is 9.59 Å². The zero-order chi connectivity index (χ0) is 25.0. The number of halogens is 5. The molecular formula is C24H26Cl2F3NO3. The Bertz CT molecular complexity index is 986. The van der Waals surface area contributed by atoms with E-state index in [2.05, 4.69) is 5.32 Å². The van der Waals surface area contributed by atoms with Crippen LogP contribution in [0.5, 0.6) is 0 Å². The second kappa shape index (κ2) is 10.8. The summed E-state index contributed by atoms with van der Waals surface area (Å²) < 4.78 is 45.8.